The molecular formula is C14H20Br2N2. The number of rotatable bonds is 3. The molecule has 1 aromatic rings. The zero-order valence-corrected chi connectivity index (χ0v) is 13.9. The van der Waals surface area contributed by atoms with Crippen LogP contribution in [-0.2, 0) is 0 Å². The van der Waals surface area contributed by atoms with Crippen molar-refractivity contribution in [1.82, 2.24) is 4.90 Å². The third-order valence-electron chi connectivity index (χ3n) is 3.56. The normalized spacial score (nSPS) is 21.6. The minimum atomic E-state index is 0.596. The van der Waals surface area contributed by atoms with Gasteiger partial charge in [-0.1, -0.05) is 22.9 Å². The largest absolute Gasteiger partial charge is 0.381 e. The molecule has 1 unspecified atom stereocenters. The summed E-state index contributed by atoms with van der Waals surface area (Å²) in [5.41, 5.74) is 1.20. The Labute approximate surface area is 126 Å². The van der Waals surface area contributed by atoms with E-state index in [1.807, 2.05) is 0 Å². The van der Waals surface area contributed by atoms with Gasteiger partial charge in [-0.05, 0) is 66.5 Å². The zero-order valence-electron chi connectivity index (χ0n) is 10.8. The Morgan fingerprint density at radius 2 is 2.11 bits per heavy atom. The fraction of sp³-hybridized carbons (Fsp3) is 0.571. The summed E-state index contributed by atoms with van der Waals surface area (Å²) >= 11 is 7.10. The lowest BCUT2D eigenvalue weighted by atomic mass is 10.1. The standard InChI is InChI=1S/C14H20Br2N2/c1-2-18-8-3-4-12(7-9-18)17-14-6-5-11(15)10-13(14)16/h5-6,10,12,17H,2-4,7-9H2,1H3. The van der Waals surface area contributed by atoms with Crippen LogP contribution in [0.2, 0.25) is 0 Å². The van der Waals surface area contributed by atoms with E-state index in [0.717, 1.165) is 8.95 Å². The predicted molar refractivity (Wildman–Crippen MR) is 85.2 cm³/mol. The van der Waals surface area contributed by atoms with E-state index in [4.69, 9.17) is 0 Å². The Bertz CT molecular complexity index is 395. The summed E-state index contributed by atoms with van der Waals surface area (Å²) in [6.07, 6.45) is 3.79. The van der Waals surface area contributed by atoms with E-state index < -0.39 is 0 Å². The minimum Gasteiger partial charge on any atom is -0.381 e. The highest BCUT2D eigenvalue weighted by atomic mass is 79.9. The van der Waals surface area contributed by atoms with E-state index in [9.17, 15) is 0 Å². The number of nitrogens with zero attached hydrogens (tertiary/aromatic N) is 1. The van der Waals surface area contributed by atoms with Crippen LogP contribution in [0.5, 0.6) is 0 Å². The second-order valence-corrected chi connectivity index (χ2v) is 6.60. The fourth-order valence-electron chi connectivity index (χ4n) is 2.44. The van der Waals surface area contributed by atoms with Gasteiger partial charge in [-0.2, -0.15) is 0 Å². The van der Waals surface area contributed by atoms with Gasteiger partial charge in [0, 0.05) is 27.2 Å². The second kappa shape index (κ2) is 6.92. The molecule has 100 valence electrons. The molecule has 1 heterocycles. The summed E-state index contributed by atoms with van der Waals surface area (Å²) in [5.74, 6) is 0. The first-order chi connectivity index (χ1) is 8.69. The van der Waals surface area contributed by atoms with Gasteiger partial charge in [0.2, 0.25) is 0 Å². The number of likely N-dealkylation sites (tertiary alicyclic amines) is 1. The first-order valence-electron chi connectivity index (χ1n) is 6.63. The second-order valence-electron chi connectivity index (χ2n) is 4.83. The van der Waals surface area contributed by atoms with Crippen molar-refractivity contribution in [3.8, 4) is 0 Å². The first-order valence-corrected chi connectivity index (χ1v) is 8.21. The van der Waals surface area contributed by atoms with Gasteiger partial charge in [-0.15, -0.1) is 0 Å². The molecular weight excluding hydrogens is 356 g/mol. The van der Waals surface area contributed by atoms with Crippen molar-refractivity contribution < 1.29 is 0 Å². The molecule has 18 heavy (non-hydrogen) atoms. The minimum absolute atomic E-state index is 0.596. The molecule has 4 heteroatoms. The summed E-state index contributed by atoms with van der Waals surface area (Å²) in [4.78, 5) is 2.54. The number of nitrogens with one attached hydrogen (secondary N) is 1. The molecule has 0 aliphatic carbocycles. The van der Waals surface area contributed by atoms with E-state index in [-0.39, 0.29) is 0 Å². The predicted octanol–water partition coefficient (Wildman–Crippen LogP) is 4.50. The van der Waals surface area contributed by atoms with Gasteiger partial charge in [0.25, 0.3) is 0 Å². The third kappa shape index (κ3) is 3.97. The number of halogens is 2. The fourth-order valence-corrected chi connectivity index (χ4v) is 3.60. The van der Waals surface area contributed by atoms with Gasteiger partial charge in [0.1, 0.15) is 0 Å². The maximum Gasteiger partial charge on any atom is 0.0487 e. The van der Waals surface area contributed by atoms with E-state index in [2.05, 4.69) is 67.2 Å². The number of anilines is 1. The van der Waals surface area contributed by atoms with E-state index >= 15 is 0 Å². The molecule has 1 aromatic carbocycles. The van der Waals surface area contributed by atoms with Gasteiger partial charge in [-0.25, -0.2) is 0 Å². The van der Waals surface area contributed by atoms with Crippen LogP contribution < -0.4 is 5.32 Å². The van der Waals surface area contributed by atoms with Crippen molar-refractivity contribution in [2.24, 2.45) is 0 Å². The van der Waals surface area contributed by atoms with E-state index in [1.165, 1.54) is 44.6 Å². The molecule has 0 radical (unpaired) electrons. The molecule has 0 saturated carbocycles. The van der Waals surface area contributed by atoms with Crippen LogP contribution in [0.15, 0.2) is 27.1 Å². The van der Waals surface area contributed by atoms with Gasteiger partial charge in [0.05, 0.1) is 0 Å². The summed E-state index contributed by atoms with van der Waals surface area (Å²) in [6, 6.07) is 6.91. The highest BCUT2D eigenvalue weighted by Crippen LogP contribution is 2.28. The van der Waals surface area contributed by atoms with Crippen LogP contribution in [0.3, 0.4) is 0 Å². The lowest BCUT2D eigenvalue weighted by Gasteiger charge is -2.20. The smallest absolute Gasteiger partial charge is 0.0487 e. The van der Waals surface area contributed by atoms with E-state index in [1.54, 1.807) is 0 Å². The molecule has 2 nitrogen and oxygen atoms in total. The van der Waals surface area contributed by atoms with Crippen molar-refractivity contribution in [2.75, 3.05) is 25.0 Å². The van der Waals surface area contributed by atoms with Gasteiger partial charge in [-0.3, -0.25) is 0 Å². The average molecular weight is 376 g/mol. The third-order valence-corrected chi connectivity index (χ3v) is 4.71. The highest BCUT2D eigenvalue weighted by molar-refractivity contribution is 9.11. The maximum atomic E-state index is 3.67. The molecule has 1 aliphatic heterocycles. The lowest BCUT2D eigenvalue weighted by Crippen LogP contribution is -2.26. The molecule has 1 N–H and O–H groups in total. The molecule has 0 amide bonds. The number of hydrogen-bond donors (Lipinski definition) is 1. The van der Waals surface area contributed by atoms with Crippen LogP contribution >= 0.6 is 31.9 Å². The van der Waals surface area contributed by atoms with Crippen LogP contribution in [0.1, 0.15) is 26.2 Å². The molecule has 1 aliphatic rings. The van der Waals surface area contributed by atoms with E-state index in [0.29, 0.717) is 6.04 Å². The van der Waals surface area contributed by atoms with Gasteiger partial charge in [0.15, 0.2) is 0 Å². The average Bonchev–Trinajstić information content (AvgIpc) is 2.58. The molecule has 2 rings (SSSR count). The Morgan fingerprint density at radius 3 is 2.83 bits per heavy atom. The monoisotopic (exact) mass is 374 g/mol. The van der Waals surface area contributed by atoms with Crippen molar-refractivity contribution in [2.45, 2.75) is 32.2 Å². The van der Waals surface area contributed by atoms with Crippen molar-refractivity contribution in [1.29, 1.82) is 0 Å². The van der Waals surface area contributed by atoms with Crippen molar-refractivity contribution >= 4 is 37.5 Å². The summed E-state index contributed by atoms with van der Waals surface area (Å²) in [5, 5.41) is 3.67. The SMILES string of the molecule is CCN1CCCC(Nc2ccc(Br)cc2Br)CC1. The molecule has 0 bridgehead atoms. The van der Waals surface area contributed by atoms with Crippen molar-refractivity contribution in [3.05, 3.63) is 27.1 Å². The summed E-state index contributed by atoms with van der Waals surface area (Å²) in [6.45, 7) is 5.88. The Morgan fingerprint density at radius 1 is 1.28 bits per heavy atom. The lowest BCUT2D eigenvalue weighted by molar-refractivity contribution is 0.300. The first kappa shape index (κ1) is 14.4. The molecule has 1 saturated heterocycles. The highest BCUT2D eigenvalue weighted by Gasteiger charge is 2.16. The number of hydrogen-bond acceptors (Lipinski definition) is 2. The Kier molecular flexibility index (Phi) is 5.52. The maximum absolute atomic E-state index is 3.67. The summed E-state index contributed by atoms with van der Waals surface area (Å²) < 4.78 is 2.24. The number of benzene rings is 1. The van der Waals surface area contributed by atoms with Crippen LogP contribution in [0.25, 0.3) is 0 Å². The van der Waals surface area contributed by atoms with Gasteiger partial charge >= 0.3 is 0 Å². The quantitative estimate of drug-likeness (QED) is 0.836. The van der Waals surface area contributed by atoms with Crippen molar-refractivity contribution in [3.63, 3.8) is 0 Å². The van der Waals surface area contributed by atoms with Crippen LogP contribution in [-0.4, -0.2) is 30.6 Å². The Balaban J connectivity index is 1.96. The van der Waals surface area contributed by atoms with Crippen LogP contribution in [0, 0.1) is 0 Å². The Hall–Kier alpha value is -0.0600. The molecule has 0 spiro atoms. The topological polar surface area (TPSA) is 15.3 Å². The van der Waals surface area contributed by atoms with Gasteiger partial charge < -0.3 is 10.2 Å². The summed E-state index contributed by atoms with van der Waals surface area (Å²) in [7, 11) is 0. The zero-order chi connectivity index (χ0) is 13.0. The molecule has 0 aromatic heterocycles. The molecule has 1 fully saturated rings. The molecule has 1 atom stereocenters. The van der Waals surface area contributed by atoms with Crippen LogP contribution in [0.4, 0.5) is 5.69 Å².